The van der Waals surface area contributed by atoms with E-state index in [-0.39, 0.29) is 35.9 Å². The standard InChI is InChI=1S/C21H26N4O6S2/c1-30-15-3-5-16(6-4-15)33(28,29)25-11-7-14(8-12-25)19(26)23-20-22-17-9-10-24(21(27)31-2)13-18(17)32-20/h3-6,14H,7-13H2,1-2H3,(H,22,23,26). The molecule has 1 aromatic carbocycles. The molecular formula is C21H26N4O6S2. The lowest BCUT2D eigenvalue weighted by Crippen LogP contribution is -2.41. The van der Waals surface area contributed by atoms with E-state index in [9.17, 15) is 18.0 Å². The van der Waals surface area contributed by atoms with Crippen molar-refractivity contribution in [1.82, 2.24) is 14.2 Å². The summed E-state index contributed by atoms with van der Waals surface area (Å²) in [5.41, 5.74) is 0.885. The Morgan fingerprint density at radius 1 is 1.12 bits per heavy atom. The molecule has 2 aromatic rings. The summed E-state index contributed by atoms with van der Waals surface area (Å²) in [7, 11) is -0.742. The van der Waals surface area contributed by atoms with Crippen LogP contribution in [0, 0.1) is 5.92 Å². The highest BCUT2D eigenvalue weighted by Gasteiger charge is 2.33. The molecule has 1 fully saturated rings. The quantitative estimate of drug-likeness (QED) is 0.678. The first-order valence-electron chi connectivity index (χ1n) is 10.6. The topological polar surface area (TPSA) is 118 Å². The number of hydrogen-bond acceptors (Lipinski definition) is 8. The Balaban J connectivity index is 1.34. The Bertz CT molecular complexity index is 1120. The summed E-state index contributed by atoms with van der Waals surface area (Å²) in [6, 6.07) is 6.28. The van der Waals surface area contributed by atoms with E-state index < -0.39 is 10.0 Å². The predicted octanol–water partition coefficient (Wildman–Crippen LogP) is 2.32. The second-order valence-corrected chi connectivity index (χ2v) is 10.9. The van der Waals surface area contributed by atoms with Crippen LogP contribution in [-0.2, 0) is 32.5 Å². The molecule has 33 heavy (non-hydrogen) atoms. The molecule has 0 atom stereocenters. The molecule has 10 nitrogen and oxygen atoms in total. The van der Waals surface area contributed by atoms with Gasteiger partial charge < -0.3 is 19.7 Å². The highest BCUT2D eigenvalue weighted by Crippen LogP contribution is 2.30. The van der Waals surface area contributed by atoms with Gasteiger partial charge in [-0.3, -0.25) is 4.79 Å². The van der Waals surface area contributed by atoms with E-state index >= 15 is 0 Å². The van der Waals surface area contributed by atoms with Gasteiger partial charge in [0, 0.05) is 36.9 Å². The fourth-order valence-electron chi connectivity index (χ4n) is 4.00. The van der Waals surface area contributed by atoms with Crippen LogP contribution in [0.15, 0.2) is 29.2 Å². The molecule has 1 saturated heterocycles. The van der Waals surface area contributed by atoms with E-state index in [4.69, 9.17) is 9.47 Å². The minimum absolute atomic E-state index is 0.160. The fraction of sp³-hybridized carbons (Fsp3) is 0.476. The molecule has 2 aliphatic rings. The van der Waals surface area contributed by atoms with E-state index in [1.807, 2.05) is 0 Å². The van der Waals surface area contributed by atoms with Crippen molar-refractivity contribution in [2.45, 2.75) is 30.7 Å². The number of carbonyl (C=O) groups is 2. The van der Waals surface area contributed by atoms with Crippen LogP contribution < -0.4 is 10.1 Å². The van der Waals surface area contributed by atoms with Crippen molar-refractivity contribution in [1.29, 1.82) is 0 Å². The number of rotatable bonds is 5. The van der Waals surface area contributed by atoms with Crippen molar-refractivity contribution in [2.24, 2.45) is 5.92 Å². The number of methoxy groups -OCH3 is 2. The number of aromatic nitrogens is 1. The first-order valence-corrected chi connectivity index (χ1v) is 12.8. The van der Waals surface area contributed by atoms with Crippen LogP contribution in [0.5, 0.6) is 5.75 Å². The minimum atomic E-state index is -3.62. The molecule has 2 amide bonds. The van der Waals surface area contributed by atoms with Crippen molar-refractivity contribution in [3.63, 3.8) is 0 Å². The number of benzene rings is 1. The number of nitrogens with zero attached hydrogens (tertiary/aromatic N) is 3. The lowest BCUT2D eigenvalue weighted by molar-refractivity contribution is -0.120. The first kappa shape index (κ1) is 23.5. The summed E-state index contributed by atoms with van der Waals surface area (Å²) < 4.78 is 37.1. The summed E-state index contributed by atoms with van der Waals surface area (Å²) in [4.78, 5) is 31.8. The maximum atomic E-state index is 12.9. The van der Waals surface area contributed by atoms with E-state index in [1.165, 1.54) is 42.0 Å². The van der Waals surface area contributed by atoms with Crippen LogP contribution in [-0.4, -0.2) is 68.5 Å². The number of hydrogen-bond donors (Lipinski definition) is 1. The van der Waals surface area contributed by atoms with Crippen LogP contribution in [0.2, 0.25) is 0 Å². The van der Waals surface area contributed by atoms with Crippen LogP contribution >= 0.6 is 11.3 Å². The third-order valence-corrected chi connectivity index (χ3v) is 8.83. The lowest BCUT2D eigenvalue weighted by atomic mass is 9.97. The monoisotopic (exact) mass is 494 g/mol. The zero-order valence-corrected chi connectivity index (χ0v) is 20.1. The van der Waals surface area contributed by atoms with E-state index in [0.29, 0.717) is 43.2 Å². The minimum Gasteiger partial charge on any atom is -0.497 e. The smallest absolute Gasteiger partial charge is 0.409 e. The van der Waals surface area contributed by atoms with Crippen molar-refractivity contribution < 1.29 is 27.5 Å². The number of nitrogens with one attached hydrogen (secondary N) is 1. The Labute approximate surface area is 196 Å². The Morgan fingerprint density at radius 2 is 1.82 bits per heavy atom. The molecule has 12 heteroatoms. The average molecular weight is 495 g/mol. The maximum absolute atomic E-state index is 12.9. The third kappa shape index (κ3) is 4.97. The van der Waals surface area contributed by atoms with E-state index in [2.05, 4.69) is 10.3 Å². The van der Waals surface area contributed by atoms with Gasteiger partial charge in [0.1, 0.15) is 5.75 Å². The number of carbonyl (C=O) groups excluding carboxylic acids is 2. The molecule has 0 bridgehead atoms. The highest BCUT2D eigenvalue weighted by atomic mass is 32.2. The van der Waals surface area contributed by atoms with Crippen molar-refractivity contribution in [3.05, 3.63) is 34.8 Å². The number of thiazole rings is 1. The SMILES string of the molecule is COC(=O)N1CCc2nc(NC(=O)C3CCN(S(=O)(=O)c4ccc(OC)cc4)CC3)sc2C1. The van der Waals surface area contributed by atoms with Gasteiger partial charge in [0.2, 0.25) is 15.9 Å². The second kappa shape index (κ2) is 9.65. The Hall–Kier alpha value is -2.70. The lowest BCUT2D eigenvalue weighted by Gasteiger charge is -2.30. The van der Waals surface area contributed by atoms with Crippen molar-refractivity contribution in [2.75, 3.05) is 39.2 Å². The summed E-state index contributed by atoms with van der Waals surface area (Å²) in [6.07, 6.45) is 1.10. The molecule has 0 unspecified atom stereocenters. The van der Waals surface area contributed by atoms with Crippen LogP contribution in [0.3, 0.4) is 0 Å². The molecule has 4 rings (SSSR count). The molecular weight excluding hydrogens is 468 g/mol. The fourth-order valence-corrected chi connectivity index (χ4v) is 6.49. The van der Waals surface area contributed by atoms with E-state index in [1.54, 1.807) is 17.0 Å². The summed E-state index contributed by atoms with van der Waals surface area (Å²) in [5, 5.41) is 3.38. The van der Waals surface area contributed by atoms with Gasteiger partial charge in [0.05, 0.1) is 31.4 Å². The van der Waals surface area contributed by atoms with Gasteiger partial charge in [-0.15, -0.1) is 0 Å². The van der Waals surface area contributed by atoms with E-state index in [0.717, 1.165) is 10.6 Å². The Morgan fingerprint density at radius 3 is 2.45 bits per heavy atom. The largest absolute Gasteiger partial charge is 0.497 e. The first-order chi connectivity index (χ1) is 15.8. The number of anilines is 1. The van der Waals surface area contributed by atoms with Gasteiger partial charge in [-0.25, -0.2) is 18.2 Å². The normalized spacial score (nSPS) is 17.3. The van der Waals surface area contributed by atoms with Gasteiger partial charge in [-0.2, -0.15) is 4.31 Å². The zero-order chi connectivity index (χ0) is 23.6. The maximum Gasteiger partial charge on any atom is 0.409 e. The number of fused-ring (bicyclic) bond motifs is 1. The van der Waals surface area contributed by atoms with Crippen molar-refractivity contribution in [3.8, 4) is 5.75 Å². The van der Waals surface area contributed by atoms with Crippen LogP contribution in [0.4, 0.5) is 9.93 Å². The number of sulfonamides is 1. The van der Waals surface area contributed by atoms with Gasteiger partial charge >= 0.3 is 6.09 Å². The molecule has 0 aliphatic carbocycles. The molecule has 178 valence electrons. The Kier molecular flexibility index (Phi) is 6.86. The summed E-state index contributed by atoms with van der Waals surface area (Å²) >= 11 is 1.36. The number of ether oxygens (including phenoxy) is 2. The molecule has 0 radical (unpaired) electrons. The molecule has 2 aliphatic heterocycles. The van der Waals surface area contributed by atoms with Gasteiger partial charge in [-0.05, 0) is 37.1 Å². The number of amides is 2. The average Bonchev–Trinajstić information content (AvgIpc) is 3.25. The molecule has 3 heterocycles. The van der Waals surface area contributed by atoms with Gasteiger partial charge in [0.15, 0.2) is 5.13 Å². The molecule has 0 saturated carbocycles. The summed E-state index contributed by atoms with van der Waals surface area (Å²) in [6.45, 7) is 1.49. The molecule has 1 aromatic heterocycles. The van der Waals surface area contributed by atoms with Gasteiger partial charge in [-0.1, -0.05) is 11.3 Å². The number of piperidine rings is 1. The van der Waals surface area contributed by atoms with Crippen molar-refractivity contribution >= 4 is 38.5 Å². The summed E-state index contributed by atoms with van der Waals surface area (Å²) in [5.74, 6) is 0.137. The third-order valence-electron chi connectivity index (χ3n) is 5.92. The second-order valence-electron chi connectivity index (χ2n) is 7.87. The highest BCUT2D eigenvalue weighted by molar-refractivity contribution is 7.89. The predicted molar refractivity (Wildman–Crippen MR) is 122 cm³/mol. The van der Waals surface area contributed by atoms with Gasteiger partial charge in [0.25, 0.3) is 0 Å². The van der Waals surface area contributed by atoms with Crippen LogP contribution in [0.25, 0.3) is 0 Å². The zero-order valence-electron chi connectivity index (χ0n) is 18.4. The van der Waals surface area contributed by atoms with Crippen LogP contribution in [0.1, 0.15) is 23.4 Å². The molecule has 0 spiro atoms. The molecule has 1 N–H and O–H groups in total.